The highest BCUT2D eigenvalue weighted by Crippen LogP contribution is 2.43. The third-order valence-corrected chi connectivity index (χ3v) is 4.82. The van der Waals surface area contributed by atoms with Crippen LogP contribution in [0.3, 0.4) is 0 Å². The van der Waals surface area contributed by atoms with Gasteiger partial charge in [0.1, 0.15) is 17.7 Å². The molecule has 0 radical (unpaired) electrons. The molecule has 118 valence electrons. The van der Waals surface area contributed by atoms with Gasteiger partial charge in [0.15, 0.2) is 0 Å². The first kappa shape index (κ1) is 15.6. The molecule has 1 aliphatic heterocycles. The minimum atomic E-state index is -0.0382. The van der Waals surface area contributed by atoms with Gasteiger partial charge in [0.05, 0.1) is 5.75 Å². The van der Waals surface area contributed by atoms with Crippen molar-refractivity contribution in [3.05, 3.63) is 72.6 Å². The molecular weight excluding hydrogens is 308 g/mol. The zero-order valence-electron chi connectivity index (χ0n) is 12.7. The molecule has 0 N–H and O–H groups in total. The van der Waals surface area contributed by atoms with Gasteiger partial charge in [-0.15, -0.1) is 11.8 Å². The number of hydrogen-bond acceptors (Lipinski definition) is 4. The summed E-state index contributed by atoms with van der Waals surface area (Å²) in [4.78, 5) is 18.3. The van der Waals surface area contributed by atoms with Crippen molar-refractivity contribution in [2.75, 3.05) is 12.4 Å². The summed E-state index contributed by atoms with van der Waals surface area (Å²) in [6.45, 7) is 4.69. The lowest BCUT2D eigenvalue weighted by Crippen LogP contribution is -2.28. The number of nitrogens with zero attached hydrogens (tertiary/aromatic N) is 2. The monoisotopic (exact) mass is 326 g/mol. The van der Waals surface area contributed by atoms with Gasteiger partial charge in [-0.2, -0.15) is 0 Å². The molecule has 3 rings (SSSR count). The second-order valence-corrected chi connectivity index (χ2v) is 6.25. The highest BCUT2D eigenvalue weighted by atomic mass is 32.2. The van der Waals surface area contributed by atoms with E-state index >= 15 is 0 Å². The zero-order valence-corrected chi connectivity index (χ0v) is 13.5. The molecule has 1 aromatic carbocycles. The van der Waals surface area contributed by atoms with Crippen molar-refractivity contribution in [2.45, 2.75) is 11.9 Å². The van der Waals surface area contributed by atoms with Crippen LogP contribution in [-0.2, 0) is 11.3 Å². The summed E-state index contributed by atoms with van der Waals surface area (Å²) >= 11 is 1.63. The van der Waals surface area contributed by atoms with E-state index < -0.39 is 0 Å². The Balaban J connectivity index is 1.86. The van der Waals surface area contributed by atoms with Crippen LogP contribution in [0.15, 0.2) is 61.4 Å². The Hall–Kier alpha value is -2.27. The third kappa shape index (κ3) is 3.56. The van der Waals surface area contributed by atoms with E-state index in [0.29, 0.717) is 18.9 Å². The minimum absolute atomic E-state index is 0.0382. The molecule has 1 unspecified atom stereocenters. The summed E-state index contributed by atoms with van der Waals surface area (Å²) in [5.41, 5.74) is 2.05. The first-order chi connectivity index (χ1) is 11.3. The lowest BCUT2D eigenvalue weighted by molar-refractivity contribution is -0.128. The number of benzene rings is 1. The molecule has 2 aromatic rings. The van der Waals surface area contributed by atoms with Gasteiger partial charge in [-0.25, -0.2) is 0 Å². The Bertz CT molecular complexity index is 690. The van der Waals surface area contributed by atoms with Crippen LogP contribution in [0.25, 0.3) is 0 Å². The van der Waals surface area contributed by atoms with Crippen molar-refractivity contribution in [2.24, 2.45) is 0 Å². The fourth-order valence-corrected chi connectivity index (χ4v) is 3.75. The van der Waals surface area contributed by atoms with Crippen LogP contribution in [0, 0.1) is 0 Å². The number of thioether (sulfide) groups is 1. The SMILES string of the molecule is C=CCOc1ccccc1C1SCC(=O)N1Cc1cccnc1. The number of para-hydroxylation sites is 1. The molecule has 0 aliphatic carbocycles. The second kappa shape index (κ2) is 7.33. The topological polar surface area (TPSA) is 42.4 Å². The molecule has 1 fully saturated rings. The van der Waals surface area contributed by atoms with E-state index in [1.807, 2.05) is 41.3 Å². The molecule has 1 aliphatic rings. The van der Waals surface area contributed by atoms with Crippen molar-refractivity contribution in [1.29, 1.82) is 0 Å². The second-order valence-electron chi connectivity index (χ2n) is 5.18. The molecule has 23 heavy (non-hydrogen) atoms. The van der Waals surface area contributed by atoms with Crippen LogP contribution in [0.1, 0.15) is 16.5 Å². The van der Waals surface area contributed by atoms with Crippen molar-refractivity contribution in [1.82, 2.24) is 9.88 Å². The van der Waals surface area contributed by atoms with E-state index in [-0.39, 0.29) is 11.3 Å². The van der Waals surface area contributed by atoms with Crippen molar-refractivity contribution in [3.8, 4) is 5.75 Å². The van der Waals surface area contributed by atoms with Crippen LogP contribution >= 0.6 is 11.8 Å². The summed E-state index contributed by atoms with van der Waals surface area (Å²) in [5, 5.41) is -0.0382. The number of carbonyl (C=O) groups excluding carboxylic acids is 1. The van der Waals surface area contributed by atoms with Gasteiger partial charge in [-0.3, -0.25) is 9.78 Å². The molecule has 0 spiro atoms. The van der Waals surface area contributed by atoms with Crippen LogP contribution in [-0.4, -0.2) is 28.2 Å². The fourth-order valence-electron chi connectivity index (χ4n) is 2.54. The summed E-state index contributed by atoms with van der Waals surface area (Å²) in [5.74, 6) is 1.43. The fraction of sp³-hybridized carbons (Fsp3) is 0.222. The number of amides is 1. The highest BCUT2D eigenvalue weighted by Gasteiger charge is 2.34. The van der Waals surface area contributed by atoms with Crippen molar-refractivity contribution in [3.63, 3.8) is 0 Å². The van der Waals surface area contributed by atoms with E-state index in [4.69, 9.17) is 4.74 Å². The molecule has 2 heterocycles. The van der Waals surface area contributed by atoms with Gasteiger partial charge in [-0.05, 0) is 17.7 Å². The molecule has 0 bridgehead atoms. The van der Waals surface area contributed by atoms with E-state index in [9.17, 15) is 4.79 Å². The normalized spacial score (nSPS) is 17.3. The number of aromatic nitrogens is 1. The standard InChI is InChI=1S/C18H18N2O2S/c1-2-10-22-16-8-4-3-7-15(16)18-20(17(21)13-23-18)12-14-6-5-9-19-11-14/h2-9,11,18H,1,10,12-13H2. The predicted octanol–water partition coefficient (Wildman–Crippen LogP) is 3.42. The smallest absolute Gasteiger partial charge is 0.234 e. The Kier molecular flexibility index (Phi) is 4.98. The molecule has 1 saturated heterocycles. The van der Waals surface area contributed by atoms with Crippen LogP contribution in [0.5, 0.6) is 5.75 Å². The molecule has 5 heteroatoms. The maximum absolute atomic E-state index is 12.3. The third-order valence-electron chi connectivity index (χ3n) is 3.59. The van der Waals surface area contributed by atoms with Gasteiger partial charge in [0.25, 0.3) is 0 Å². The van der Waals surface area contributed by atoms with Crippen molar-refractivity contribution >= 4 is 17.7 Å². The average molecular weight is 326 g/mol. The van der Waals surface area contributed by atoms with Crippen LogP contribution in [0.2, 0.25) is 0 Å². The largest absolute Gasteiger partial charge is 0.489 e. The van der Waals surface area contributed by atoms with E-state index in [1.54, 1.807) is 30.2 Å². The quantitative estimate of drug-likeness (QED) is 0.763. The Morgan fingerprint density at radius 3 is 3.00 bits per heavy atom. The van der Waals surface area contributed by atoms with Crippen LogP contribution in [0.4, 0.5) is 0 Å². The Morgan fingerprint density at radius 2 is 2.22 bits per heavy atom. The molecule has 0 saturated carbocycles. The summed E-state index contributed by atoms with van der Waals surface area (Å²) in [7, 11) is 0. The lowest BCUT2D eigenvalue weighted by atomic mass is 10.1. The number of pyridine rings is 1. The van der Waals surface area contributed by atoms with E-state index in [0.717, 1.165) is 16.9 Å². The molecule has 4 nitrogen and oxygen atoms in total. The highest BCUT2D eigenvalue weighted by molar-refractivity contribution is 8.00. The first-order valence-electron chi connectivity index (χ1n) is 7.42. The summed E-state index contributed by atoms with van der Waals surface area (Å²) in [6, 6.07) is 11.7. The minimum Gasteiger partial charge on any atom is -0.489 e. The Labute approximate surface area is 140 Å². The zero-order chi connectivity index (χ0) is 16.1. The van der Waals surface area contributed by atoms with Gasteiger partial charge in [0.2, 0.25) is 5.91 Å². The first-order valence-corrected chi connectivity index (χ1v) is 8.47. The maximum atomic E-state index is 12.3. The molecule has 1 atom stereocenters. The number of rotatable bonds is 6. The van der Waals surface area contributed by atoms with Gasteiger partial charge >= 0.3 is 0 Å². The van der Waals surface area contributed by atoms with Gasteiger partial charge < -0.3 is 9.64 Å². The molecule has 1 aromatic heterocycles. The summed E-state index contributed by atoms with van der Waals surface area (Å²) < 4.78 is 5.75. The van der Waals surface area contributed by atoms with Crippen molar-refractivity contribution < 1.29 is 9.53 Å². The van der Waals surface area contributed by atoms with Gasteiger partial charge in [-0.1, -0.05) is 36.9 Å². The number of carbonyl (C=O) groups is 1. The average Bonchev–Trinajstić information content (AvgIpc) is 2.95. The van der Waals surface area contributed by atoms with Gasteiger partial charge in [0, 0.05) is 24.5 Å². The number of ether oxygens (including phenoxy) is 1. The maximum Gasteiger partial charge on any atom is 0.234 e. The molecular formula is C18H18N2O2S. The van der Waals surface area contributed by atoms with E-state index in [1.165, 1.54) is 0 Å². The lowest BCUT2D eigenvalue weighted by Gasteiger charge is -2.25. The number of hydrogen-bond donors (Lipinski definition) is 0. The molecule has 1 amide bonds. The van der Waals surface area contributed by atoms with E-state index in [2.05, 4.69) is 11.6 Å². The predicted molar refractivity (Wildman–Crippen MR) is 92.1 cm³/mol. The Morgan fingerprint density at radius 1 is 1.35 bits per heavy atom. The van der Waals surface area contributed by atoms with Crippen LogP contribution < -0.4 is 4.74 Å². The summed E-state index contributed by atoms with van der Waals surface area (Å²) in [6.07, 6.45) is 5.25.